The number of benzene rings is 2. The zero-order valence-corrected chi connectivity index (χ0v) is 12.4. The first-order valence-electron chi connectivity index (χ1n) is 7.38. The molecule has 0 unspecified atom stereocenters. The number of nitrogens with zero attached hydrogens (tertiary/aromatic N) is 6. The molecular weight excluding hydrogens is 302 g/mol. The van der Waals surface area contributed by atoms with Crippen LogP contribution in [0.3, 0.4) is 0 Å². The number of H-pyrrole nitrogens is 1. The van der Waals surface area contributed by atoms with Gasteiger partial charge in [-0.05, 0) is 18.2 Å². The quantitative estimate of drug-likeness (QED) is 0.541. The van der Waals surface area contributed by atoms with Gasteiger partial charge in [0.15, 0.2) is 11.2 Å². The Labute approximate surface area is 136 Å². The highest BCUT2D eigenvalue weighted by Gasteiger charge is 2.15. The van der Waals surface area contributed by atoms with Gasteiger partial charge in [-0.15, -0.1) is 5.10 Å². The van der Waals surface area contributed by atoms with Crippen LogP contribution in [-0.4, -0.2) is 35.2 Å². The van der Waals surface area contributed by atoms with E-state index < -0.39 is 0 Å². The molecule has 113 valence electrons. The number of aromatic nitrogens is 7. The predicted octanol–water partition coefficient (Wildman–Crippen LogP) is 2.55. The fourth-order valence-electron chi connectivity index (χ4n) is 2.73. The molecule has 0 amide bonds. The summed E-state index contributed by atoms with van der Waals surface area (Å²) in [5.74, 6) is 0. The normalized spacial score (nSPS) is 11.3. The summed E-state index contributed by atoms with van der Waals surface area (Å²) in [6, 6.07) is 15.7. The van der Waals surface area contributed by atoms with Gasteiger partial charge in [-0.1, -0.05) is 35.5 Å². The Morgan fingerprint density at radius 3 is 2.83 bits per heavy atom. The van der Waals surface area contributed by atoms with Gasteiger partial charge in [-0.2, -0.15) is 9.78 Å². The van der Waals surface area contributed by atoms with E-state index in [1.54, 1.807) is 10.9 Å². The number of nitrogens with one attached hydrogen (secondary N) is 1. The lowest BCUT2D eigenvalue weighted by molar-refractivity contribution is 0.817. The van der Waals surface area contributed by atoms with Gasteiger partial charge >= 0.3 is 0 Å². The topological polar surface area (TPSA) is 85.2 Å². The van der Waals surface area contributed by atoms with Crippen LogP contribution in [0.4, 0.5) is 0 Å². The van der Waals surface area contributed by atoms with Gasteiger partial charge < -0.3 is 0 Å². The van der Waals surface area contributed by atoms with Gasteiger partial charge in [0.2, 0.25) is 6.33 Å². The molecule has 3 aromatic heterocycles. The van der Waals surface area contributed by atoms with Crippen LogP contribution in [0.25, 0.3) is 39.0 Å². The van der Waals surface area contributed by atoms with Crippen molar-refractivity contribution in [3.8, 4) is 16.9 Å². The molecule has 0 aliphatic rings. The molecule has 0 saturated carbocycles. The SMILES string of the molecule is [c]1nc(-c2ccc3cn[nH]c3c2)c2nnn(-c3ccccc3)c2n1. The van der Waals surface area contributed by atoms with Gasteiger partial charge in [-0.25, -0.2) is 9.97 Å². The minimum absolute atomic E-state index is 0.621. The van der Waals surface area contributed by atoms with Gasteiger partial charge in [-0.3, -0.25) is 5.10 Å². The minimum atomic E-state index is 0.621. The summed E-state index contributed by atoms with van der Waals surface area (Å²) in [5.41, 5.74) is 4.69. The van der Waals surface area contributed by atoms with E-state index in [0.717, 1.165) is 22.2 Å². The second-order valence-corrected chi connectivity index (χ2v) is 5.35. The molecule has 1 radical (unpaired) electrons. The monoisotopic (exact) mass is 312 g/mol. The lowest BCUT2D eigenvalue weighted by Crippen LogP contribution is -1.98. The van der Waals surface area contributed by atoms with E-state index in [1.807, 2.05) is 48.5 Å². The fraction of sp³-hybridized carbons (Fsp3) is 0. The molecule has 24 heavy (non-hydrogen) atoms. The number of rotatable bonds is 2. The summed E-state index contributed by atoms with van der Waals surface area (Å²) in [5, 5.41) is 16.6. The lowest BCUT2D eigenvalue weighted by Gasteiger charge is -2.02. The molecule has 0 fully saturated rings. The van der Waals surface area contributed by atoms with E-state index in [9.17, 15) is 0 Å². The second kappa shape index (κ2) is 4.95. The lowest BCUT2D eigenvalue weighted by atomic mass is 10.1. The summed E-state index contributed by atoms with van der Waals surface area (Å²) < 4.78 is 1.69. The number of aromatic amines is 1. The molecule has 0 bridgehead atoms. The Hall–Kier alpha value is -3.61. The van der Waals surface area contributed by atoms with Crippen molar-refractivity contribution in [2.75, 3.05) is 0 Å². The fourth-order valence-corrected chi connectivity index (χ4v) is 2.73. The third-order valence-electron chi connectivity index (χ3n) is 3.90. The Morgan fingerprint density at radius 1 is 1.00 bits per heavy atom. The van der Waals surface area contributed by atoms with Gasteiger partial charge in [0.05, 0.1) is 17.4 Å². The first-order valence-corrected chi connectivity index (χ1v) is 7.38. The van der Waals surface area contributed by atoms with Crippen molar-refractivity contribution >= 4 is 22.1 Å². The third kappa shape index (κ3) is 1.88. The van der Waals surface area contributed by atoms with E-state index in [-0.39, 0.29) is 0 Å². The van der Waals surface area contributed by atoms with E-state index in [4.69, 9.17) is 0 Å². The number of fused-ring (bicyclic) bond motifs is 2. The maximum atomic E-state index is 4.29. The van der Waals surface area contributed by atoms with Crippen LogP contribution in [0.1, 0.15) is 0 Å². The van der Waals surface area contributed by atoms with E-state index in [2.05, 4.69) is 36.8 Å². The Morgan fingerprint density at radius 2 is 1.92 bits per heavy atom. The maximum Gasteiger partial charge on any atom is 0.200 e. The number of hydrogen-bond acceptors (Lipinski definition) is 5. The maximum absolute atomic E-state index is 4.29. The molecule has 2 aromatic carbocycles. The van der Waals surface area contributed by atoms with Crippen molar-refractivity contribution in [2.24, 2.45) is 0 Å². The van der Waals surface area contributed by atoms with Crippen molar-refractivity contribution < 1.29 is 0 Å². The van der Waals surface area contributed by atoms with Crippen molar-refractivity contribution in [2.45, 2.75) is 0 Å². The van der Waals surface area contributed by atoms with Crippen LogP contribution >= 0.6 is 0 Å². The zero-order valence-electron chi connectivity index (χ0n) is 12.4. The summed E-state index contributed by atoms with van der Waals surface area (Å²) >= 11 is 0. The van der Waals surface area contributed by atoms with Gasteiger partial charge in [0.25, 0.3) is 0 Å². The number of hydrogen-bond donors (Lipinski definition) is 1. The number of para-hydroxylation sites is 1. The second-order valence-electron chi connectivity index (χ2n) is 5.35. The van der Waals surface area contributed by atoms with Gasteiger partial charge in [0.1, 0.15) is 5.69 Å². The molecule has 7 heteroatoms. The van der Waals surface area contributed by atoms with Gasteiger partial charge in [0, 0.05) is 10.9 Å². The molecule has 7 nitrogen and oxygen atoms in total. The largest absolute Gasteiger partial charge is 0.278 e. The minimum Gasteiger partial charge on any atom is -0.278 e. The smallest absolute Gasteiger partial charge is 0.200 e. The van der Waals surface area contributed by atoms with Crippen LogP contribution in [0.2, 0.25) is 0 Å². The summed E-state index contributed by atoms with van der Waals surface area (Å²) in [4.78, 5) is 8.53. The van der Waals surface area contributed by atoms with Crippen molar-refractivity contribution in [1.82, 2.24) is 35.2 Å². The first-order chi connectivity index (χ1) is 11.9. The summed E-state index contributed by atoms with van der Waals surface area (Å²) in [6.45, 7) is 0. The van der Waals surface area contributed by atoms with Crippen LogP contribution < -0.4 is 0 Å². The molecular formula is C17H10N7. The predicted molar refractivity (Wildman–Crippen MR) is 88.4 cm³/mol. The van der Waals surface area contributed by atoms with Crippen molar-refractivity contribution in [1.29, 1.82) is 0 Å². The van der Waals surface area contributed by atoms with Crippen LogP contribution in [0.5, 0.6) is 0 Å². The van der Waals surface area contributed by atoms with E-state index >= 15 is 0 Å². The van der Waals surface area contributed by atoms with Crippen molar-refractivity contribution in [3.05, 3.63) is 61.1 Å². The third-order valence-corrected chi connectivity index (χ3v) is 3.90. The van der Waals surface area contributed by atoms with Crippen LogP contribution in [0, 0.1) is 6.33 Å². The molecule has 0 spiro atoms. The first kappa shape index (κ1) is 12.9. The molecule has 0 aliphatic carbocycles. The Kier molecular flexibility index (Phi) is 2.66. The molecule has 5 rings (SSSR count). The zero-order chi connectivity index (χ0) is 15.9. The molecule has 5 aromatic rings. The standard InChI is InChI=1S/C17H10N7/c1-2-4-13(5-3-1)24-17-16(22-23-24)15(18-10-19-17)11-6-7-12-9-20-21-14(12)8-11/h1-9H,(H,20,21). The van der Waals surface area contributed by atoms with E-state index in [1.165, 1.54) is 0 Å². The molecule has 0 atom stereocenters. The van der Waals surface area contributed by atoms with Crippen LogP contribution in [0.15, 0.2) is 54.7 Å². The molecule has 0 saturated heterocycles. The Balaban J connectivity index is 1.74. The molecule has 1 N–H and O–H groups in total. The molecule has 3 heterocycles. The van der Waals surface area contributed by atoms with Crippen molar-refractivity contribution in [3.63, 3.8) is 0 Å². The van der Waals surface area contributed by atoms with E-state index in [0.29, 0.717) is 16.9 Å². The Bertz CT molecular complexity index is 1160. The summed E-state index contributed by atoms with van der Waals surface area (Å²) in [6.07, 6.45) is 4.50. The molecule has 0 aliphatic heterocycles. The summed E-state index contributed by atoms with van der Waals surface area (Å²) in [7, 11) is 0. The average Bonchev–Trinajstić information content (AvgIpc) is 3.28. The highest BCUT2D eigenvalue weighted by molar-refractivity contribution is 5.91. The average molecular weight is 312 g/mol. The highest BCUT2D eigenvalue weighted by atomic mass is 15.4. The van der Waals surface area contributed by atoms with Crippen LogP contribution in [-0.2, 0) is 0 Å². The highest BCUT2D eigenvalue weighted by Crippen LogP contribution is 2.26.